The molecule has 0 aliphatic carbocycles. The number of hydrogen-bond donors (Lipinski definition) is 0. The lowest BCUT2D eigenvalue weighted by atomic mass is 9.88. The van der Waals surface area contributed by atoms with E-state index in [1.807, 2.05) is 0 Å². The van der Waals surface area contributed by atoms with E-state index in [4.69, 9.17) is 4.84 Å². The van der Waals surface area contributed by atoms with Gasteiger partial charge in [0.1, 0.15) is 0 Å². The van der Waals surface area contributed by atoms with Gasteiger partial charge in [0.25, 0.3) is 0 Å². The molecule has 2 aliphatic heterocycles. The van der Waals surface area contributed by atoms with Gasteiger partial charge < -0.3 is 9.74 Å². The maximum atomic E-state index is 11.0. The van der Waals surface area contributed by atoms with Crippen LogP contribution in [0.1, 0.15) is 30.0 Å². The minimum absolute atomic E-state index is 0.384. The molecule has 0 bridgehead atoms. The first-order valence-electron chi connectivity index (χ1n) is 7.46. The van der Waals surface area contributed by atoms with Gasteiger partial charge in [-0.3, -0.25) is 0 Å². The van der Waals surface area contributed by atoms with Gasteiger partial charge >= 0.3 is 5.97 Å². The van der Waals surface area contributed by atoms with Gasteiger partial charge in [-0.25, -0.2) is 4.79 Å². The van der Waals surface area contributed by atoms with Gasteiger partial charge in [0.15, 0.2) is 0 Å². The number of benzene rings is 2. The number of rotatable bonds is 1. The summed E-state index contributed by atoms with van der Waals surface area (Å²) in [5.74, 6) is -0.384. The van der Waals surface area contributed by atoms with Crippen LogP contribution >= 0.6 is 0 Å². The van der Waals surface area contributed by atoms with Crippen molar-refractivity contribution in [1.29, 1.82) is 0 Å². The number of carbonyl (C=O) groups is 1. The number of fused-ring (bicyclic) bond motifs is 2. The van der Waals surface area contributed by atoms with E-state index in [9.17, 15) is 4.79 Å². The van der Waals surface area contributed by atoms with Gasteiger partial charge in [-0.2, -0.15) is 0 Å². The average molecular weight is 292 g/mol. The fraction of sp³-hybridized carbons (Fsp3) is 0.222. The van der Waals surface area contributed by atoms with Crippen molar-refractivity contribution >= 4 is 23.1 Å². The fourth-order valence-electron chi connectivity index (χ4n) is 3.33. The molecular formula is C18H16N2O2. The van der Waals surface area contributed by atoms with Crippen molar-refractivity contribution in [2.75, 3.05) is 11.4 Å². The summed E-state index contributed by atoms with van der Waals surface area (Å²) in [6.45, 7) is 2.22. The van der Waals surface area contributed by atoms with Crippen LogP contribution in [-0.2, 0) is 16.1 Å². The minimum Gasteiger partial charge on any atom is -0.340 e. The Balaban J connectivity index is 1.84. The zero-order valence-electron chi connectivity index (χ0n) is 12.4. The topological polar surface area (TPSA) is 41.9 Å². The second kappa shape index (κ2) is 4.98. The molecule has 4 nitrogen and oxygen atoms in total. The van der Waals surface area contributed by atoms with Crippen LogP contribution in [0.25, 0.3) is 0 Å². The number of para-hydroxylation sites is 2. The lowest BCUT2D eigenvalue weighted by Gasteiger charge is -2.38. The predicted molar refractivity (Wildman–Crippen MR) is 85.6 cm³/mol. The number of nitrogens with zero attached hydrogens (tertiary/aromatic N) is 2. The summed E-state index contributed by atoms with van der Waals surface area (Å²) in [6, 6.07) is 14.8. The summed E-state index contributed by atoms with van der Waals surface area (Å²) in [4.78, 5) is 18.2. The molecule has 0 fully saturated rings. The molecule has 0 radical (unpaired) electrons. The van der Waals surface area contributed by atoms with E-state index in [1.54, 1.807) is 0 Å². The number of hydrogen-bond acceptors (Lipinski definition) is 4. The fourth-order valence-corrected chi connectivity index (χ4v) is 3.33. The van der Waals surface area contributed by atoms with Crippen LogP contribution < -0.4 is 4.90 Å². The van der Waals surface area contributed by atoms with Crippen LogP contribution in [-0.4, -0.2) is 18.2 Å². The molecule has 0 spiro atoms. The highest BCUT2D eigenvalue weighted by Crippen LogP contribution is 2.43. The first-order chi connectivity index (χ1) is 10.7. The normalized spacial score (nSPS) is 17.0. The number of anilines is 2. The number of carbonyl (C=O) groups excluding carboxylic acids is 1. The van der Waals surface area contributed by atoms with Crippen molar-refractivity contribution in [2.45, 2.75) is 19.8 Å². The molecular weight excluding hydrogens is 276 g/mol. The average Bonchev–Trinajstić information content (AvgIpc) is 2.54. The molecule has 0 atom stereocenters. The van der Waals surface area contributed by atoms with Crippen molar-refractivity contribution in [3.8, 4) is 0 Å². The van der Waals surface area contributed by atoms with Gasteiger partial charge in [-0.05, 0) is 17.2 Å². The van der Waals surface area contributed by atoms with E-state index < -0.39 is 0 Å². The van der Waals surface area contributed by atoms with E-state index in [0.717, 1.165) is 30.7 Å². The molecule has 0 N–H and O–H groups in total. The van der Waals surface area contributed by atoms with Crippen LogP contribution in [0.15, 0.2) is 47.6 Å². The second-order valence-corrected chi connectivity index (χ2v) is 5.64. The van der Waals surface area contributed by atoms with Gasteiger partial charge in [-0.15, -0.1) is 0 Å². The monoisotopic (exact) mass is 292 g/mol. The van der Waals surface area contributed by atoms with Crippen LogP contribution in [0.4, 0.5) is 11.4 Å². The first kappa shape index (κ1) is 13.1. The summed E-state index contributed by atoms with van der Waals surface area (Å²) in [5, 5.41) is 4.05. The third-order valence-electron chi connectivity index (χ3n) is 4.22. The van der Waals surface area contributed by atoms with Crippen molar-refractivity contribution in [3.05, 3.63) is 59.2 Å². The molecule has 0 saturated heterocycles. The summed E-state index contributed by atoms with van der Waals surface area (Å²) in [6.07, 6.45) is 1.69. The Bertz CT molecular complexity index is 795. The minimum atomic E-state index is -0.384. The quantitative estimate of drug-likeness (QED) is 0.597. The highest BCUT2D eigenvalue weighted by molar-refractivity contribution is 6.09. The van der Waals surface area contributed by atoms with Crippen LogP contribution in [0, 0.1) is 0 Å². The third-order valence-corrected chi connectivity index (χ3v) is 4.22. The van der Waals surface area contributed by atoms with Gasteiger partial charge in [-0.1, -0.05) is 41.6 Å². The summed E-state index contributed by atoms with van der Waals surface area (Å²) in [5.41, 5.74) is 7.05. The highest BCUT2D eigenvalue weighted by Gasteiger charge is 2.30. The molecule has 0 amide bonds. The second-order valence-electron chi connectivity index (χ2n) is 5.64. The van der Waals surface area contributed by atoms with Gasteiger partial charge in [0.2, 0.25) is 0 Å². The molecule has 110 valence electrons. The SMILES string of the molecule is CC(=O)O/N=C1\CCN2c3ccccc3Cc3cccc1c32. The smallest absolute Gasteiger partial charge is 0.331 e. The Morgan fingerprint density at radius 2 is 1.95 bits per heavy atom. The largest absolute Gasteiger partial charge is 0.340 e. The molecule has 4 rings (SSSR count). The van der Waals surface area contributed by atoms with Gasteiger partial charge in [0.05, 0.1) is 11.4 Å². The lowest BCUT2D eigenvalue weighted by molar-refractivity contribution is -0.140. The molecule has 0 saturated carbocycles. The molecule has 4 heteroatoms. The number of oxime groups is 1. The Kier molecular flexibility index (Phi) is 2.96. The van der Waals surface area contributed by atoms with E-state index >= 15 is 0 Å². The molecule has 22 heavy (non-hydrogen) atoms. The van der Waals surface area contributed by atoms with Crippen molar-refractivity contribution < 1.29 is 9.63 Å². The zero-order chi connectivity index (χ0) is 15.1. The van der Waals surface area contributed by atoms with E-state index in [1.165, 1.54) is 29.4 Å². The Hall–Kier alpha value is -2.62. The Morgan fingerprint density at radius 3 is 2.82 bits per heavy atom. The van der Waals surface area contributed by atoms with E-state index in [2.05, 4.69) is 52.5 Å². The van der Waals surface area contributed by atoms with Crippen molar-refractivity contribution in [1.82, 2.24) is 0 Å². The molecule has 2 aliphatic rings. The van der Waals surface area contributed by atoms with E-state index in [-0.39, 0.29) is 5.97 Å². The maximum Gasteiger partial charge on any atom is 0.331 e. The summed E-state index contributed by atoms with van der Waals surface area (Å²) < 4.78 is 0. The highest BCUT2D eigenvalue weighted by atomic mass is 16.7. The van der Waals surface area contributed by atoms with E-state index in [0.29, 0.717) is 0 Å². The summed E-state index contributed by atoms with van der Waals surface area (Å²) in [7, 11) is 0. The maximum absolute atomic E-state index is 11.0. The Morgan fingerprint density at radius 1 is 1.14 bits per heavy atom. The van der Waals surface area contributed by atoms with Crippen LogP contribution in [0.2, 0.25) is 0 Å². The van der Waals surface area contributed by atoms with Crippen LogP contribution in [0.5, 0.6) is 0 Å². The molecule has 0 aromatic heterocycles. The van der Waals surface area contributed by atoms with Gasteiger partial charge in [0, 0.05) is 37.6 Å². The molecule has 2 aromatic rings. The summed E-state index contributed by atoms with van der Waals surface area (Å²) >= 11 is 0. The molecule has 0 unspecified atom stereocenters. The standard InChI is InChI=1S/C18H16N2O2/c1-12(21)22-19-16-9-10-20-17-8-3-2-5-13(17)11-14-6-4-7-15(16)18(14)20/h2-8H,9-11H2,1H3/b19-16+. The van der Waals surface area contributed by atoms with Crippen molar-refractivity contribution in [3.63, 3.8) is 0 Å². The molecule has 2 aromatic carbocycles. The zero-order valence-corrected chi connectivity index (χ0v) is 12.4. The van der Waals surface area contributed by atoms with Crippen molar-refractivity contribution in [2.24, 2.45) is 5.16 Å². The van der Waals surface area contributed by atoms with Crippen LogP contribution in [0.3, 0.4) is 0 Å². The Labute approximate surface area is 129 Å². The third kappa shape index (κ3) is 1.99. The predicted octanol–water partition coefficient (Wildman–Crippen LogP) is 3.40. The lowest BCUT2D eigenvalue weighted by Crippen LogP contribution is -2.32. The first-order valence-corrected chi connectivity index (χ1v) is 7.46. The molecule has 2 heterocycles.